The second-order valence-electron chi connectivity index (χ2n) is 4.50. The van der Waals surface area contributed by atoms with Gasteiger partial charge in [0.05, 0.1) is 5.56 Å². The first kappa shape index (κ1) is 11.5. The number of hydrogen-bond donors (Lipinski definition) is 2. The van der Waals surface area contributed by atoms with E-state index in [4.69, 9.17) is 0 Å². The monoisotopic (exact) mass is 254 g/mol. The summed E-state index contributed by atoms with van der Waals surface area (Å²) in [5.74, 6) is -1.29. The smallest absolute Gasteiger partial charge is 0.198 e. The Balaban J connectivity index is 2.40. The molecule has 0 fully saturated rings. The molecule has 0 radical (unpaired) electrons. The molecule has 2 aromatic rings. The van der Waals surface area contributed by atoms with E-state index in [-0.39, 0.29) is 39.5 Å². The number of rotatable bonds is 0. The Kier molecular flexibility index (Phi) is 2.22. The largest absolute Gasteiger partial charge is 0.508 e. The summed E-state index contributed by atoms with van der Waals surface area (Å²) in [5, 5.41) is 19.7. The van der Waals surface area contributed by atoms with Crippen molar-refractivity contribution in [2.24, 2.45) is 0 Å². The minimum Gasteiger partial charge on any atom is -0.508 e. The van der Waals surface area contributed by atoms with Crippen LogP contribution < -0.4 is 0 Å². The average molecular weight is 254 g/mol. The molecule has 0 amide bonds. The van der Waals surface area contributed by atoms with Crippen LogP contribution >= 0.6 is 0 Å². The Bertz CT molecular complexity index is 744. The molecule has 0 aliphatic heterocycles. The van der Waals surface area contributed by atoms with Crippen molar-refractivity contribution < 1.29 is 19.8 Å². The SMILES string of the molecule is Cc1c(O)cc2c(c1O)C(=O)c1ccccc1C2=O. The zero-order valence-corrected chi connectivity index (χ0v) is 10.1. The second-order valence-corrected chi connectivity index (χ2v) is 4.50. The average Bonchev–Trinajstić information content (AvgIpc) is 2.42. The molecule has 0 aromatic heterocycles. The Morgan fingerprint density at radius 2 is 1.47 bits per heavy atom. The van der Waals surface area contributed by atoms with Crippen molar-refractivity contribution in [3.8, 4) is 11.5 Å². The number of hydrogen-bond acceptors (Lipinski definition) is 4. The standard InChI is InChI=1S/C15H10O4/c1-7-11(16)6-10-12(13(7)17)15(19)9-5-3-2-4-8(9)14(10)18/h2-6,16-17H,1H3. The van der Waals surface area contributed by atoms with Crippen LogP contribution in [0.2, 0.25) is 0 Å². The predicted octanol–water partition coefficient (Wildman–Crippen LogP) is 2.18. The molecular formula is C15H10O4. The second kappa shape index (κ2) is 3.68. The number of phenolic OH excluding ortho intramolecular Hbond substituents is 2. The third-order valence-electron chi connectivity index (χ3n) is 3.41. The Morgan fingerprint density at radius 1 is 0.895 bits per heavy atom. The first-order valence-corrected chi connectivity index (χ1v) is 5.76. The van der Waals surface area contributed by atoms with Crippen LogP contribution in [0.5, 0.6) is 11.5 Å². The van der Waals surface area contributed by atoms with Gasteiger partial charge < -0.3 is 10.2 Å². The van der Waals surface area contributed by atoms with E-state index in [1.165, 1.54) is 13.0 Å². The molecule has 4 nitrogen and oxygen atoms in total. The quantitative estimate of drug-likeness (QED) is 0.644. The van der Waals surface area contributed by atoms with Crippen LogP contribution in [0.15, 0.2) is 30.3 Å². The molecule has 0 spiro atoms. The van der Waals surface area contributed by atoms with Crippen LogP contribution in [0.25, 0.3) is 0 Å². The molecule has 0 saturated carbocycles. The van der Waals surface area contributed by atoms with E-state index >= 15 is 0 Å². The van der Waals surface area contributed by atoms with Gasteiger partial charge in [0.2, 0.25) is 0 Å². The van der Waals surface area contributed by atoms with Gasteiger partial charge in [0.15, 0.2) is 11.6 Å². The van der Waals surface area contributed by atoms with Gasteiger partial charge in [0.25, 0.3) is 0 Å². The van der Waals surface area contributed by atoms with E-state index in [9.17, 15) is 19.8 Å². The number of benzene rings is 2. The Labute approximate surface area is 108 Å². The molecule has 19 heavy (non-hydrogen) atoms. The summed E-state index contributed by atoms with van der Waals surface area (Å²) >= 11 is 0. The molecule has 0 unspecified atom stereocenters. The van der Waals surface area contributed by atoms with Crippen LogP contribution in [0, 0.1) is 6.92 Å². The van der Waals surface area contributed by atoms with Crippen molar-refractivity contribution in [2.45, 2.75) is 6.92 Å². The number of fused-ring (bicyclic) bond motifs is 2. The molecule has 1 aliphatic carbocycles. The lowest BCUT2D eigenvalue weighted by Crippen LogP contribution is -2.21. The molecular weight excluding hydrogens is 244 g/mol. The molecule has 3 rings (SSSR count). The summed E-state index contributed by atoms with van der Waals surface area (Å²) in [4.78, 5) is 24.6. The fourth-order valence-corrected chi connectivity index (χ4v) is 2.32. The van der Waals surface area contributed by atoms with Crippen molar-refractivity contribution in [3.05, 3.63) is 58.1 Å². The lowest BCUT2D eigenvalue weighted by Gasteiger charge is -2.19. The highest BCUT2D eigenvalue weighted by Crippen LogP contribution is 2.38. The summed E-state index contributed by atoms with van der Waals surface area (Å²) in [6.45, 7) is 1.49. The van der Waals surface area contributed by atoms with Gasteiger partial charge in [-0.1, -0.05) is 24.3 Å². The fraction of sp³-hybridized carbons (Fsp3) is 0.0667. The molecule has 94 valence electrons. The van der Waals surface area contributed by atoms with Crippen LogP contribution in [0.3, 0.4) is 0 Å². The fourth-order valence-electron chi connectivity index (χ4n) is 2.32. The van der Waals surface area contributed by atoms with Crippen molar-refractivity contribution >= 4 is 11.6 Å². The molecule has 0 bridgehead atoms. The van der Waals surface area contributed by atoms with Crippen molar-refractivity contribution in [1.29, 1.82) is 0 Å². The normalized spacial score (nSPS) is 13.1. The number of carbonyl (C=O) groups is 2. The van der Waals surface area contributed by atoms with E-state index in [1.807, 2.05) is 0 Å². The summed E-state index contributed by atoms with van der Waals surface area (Å²) in [6, 6.07) is 7.69. The maximum absolute atomic E-state index is 12.3. The van der Waals surface area contributed by atoms with Gasteiger partial charge in [0.1, 0.15) is 11.5 Å². The minimum absolute atomic E-state index is 0.0287. The molecule has 1 aliphatic rings. The number of phenols is 2. The van der Waals surface area contributed by atoms with Gasteiger partial charge in [-0.2, -0.15) is 0 Å². The summed E-state index contributed by atoms with van der Waals surface area (Å²) in [5.41, 5.74) is 0.783. The minimum atomic E-state index is -0.397. The molecule has 2 N–H and O–H groups in total. The van der Waals surface area contributed by atoms with E-state index in [0.717, 1.165) is 0 Å². The van der Waals surface area contributed by atoms with Crippen LogP contribution in [-0.4, -0.2) is 21.8 Å². The Hall–Kier alpha value is -2.62. The highest BCUT2D eigenvalue weighted by atomic mass is 16.3. The predicted molar refractivity (Wildman–Crippen MR) is 67.8 cm³/mol. The van der Waals surface area contributed by atoms with Gasteiger partial charge in [-0.3, -0.25) is 9.59 Å². The van der Waals surface area contributed by atoms with Crippen LogP contribution in [0.1, 0.15) is 37.4 Å². The first-order valence-electron chi connectivity index (χ1n) is 5.76. The van der Waals surface area contributed by atoms with Crippen LogP contribution in [0.4, 0.5) is 0 Å². The first-order chi connectivity index (χ1) is 9.02. The van der Waals surface area contributed by atoms with Crippen LogP contribution in [-0.2, 0) is 0 Å². The van der Waals surface area contributed by atoms with Gasteiger partial charge >= 0.3 is 0 Å². The topological polar surface area (TPSA) is 74.6 Å². The third-order valence-corrected chi connectivity index (χ3v) is 3.41. The van der Waals surface area contributed by atoms with Gasteiger partial charge in [-0.05, 0) is 13.0 Å². The number of aromatic hydroxyl groups is 2. The van der Waals surface area contributed by atoms with E-state index in [2.05, 4.69) is 0 Å². The highest BCUT2D eigenvalue weighted by molar-refractivity contribution is 6.29. The van der Waals surface area contributed by atoms with Gasteiger partial charge in [0, 0.05) is 22.3 Å². The zero-order chi connectivity index (χ0) is 13.7. The van der Waals surface area contributed by atoms with Crippen molar-refractivity contribution in [2.75, 3.05) is 0 Å². The molecule has 0 heterocycles. The lowest BCUT2D eigenvalue weighted by atomic mass is 9.82. The number of ketones is 2. The van der Waals surface area contributed by atoms with Crippen molar-refractivity contribution in [1.82, 2.24) is 0 Å². The highest BCUT2D eigenvalue weighted by Gasteiger charge is 2.33. The van der Waals surface area contributed by atoms with E-state index in [1.54, 1.807) is 24.3 Å². The summed E-state index contributed by atoms with van der Waals surface area (Å²) in [7, 11) is 0. The van der Waals surface area contributed by atoms with Crippen molar-refractivity contribution in [3.63, 3.8) is 0 Å². The van der Waals surface area contributed by atoms with E-state index < -0.39 is 5.78 Å². The van der Waals surface area contributed by atoms with Gasteiger partial charge in [-0.15, -0.1) is 0 Å². The van der Waals surface area contributed by atoms with E-state index in [0.29, 0.717) is 5.56 Å². The maximum atomic E-state index is 12.3. The zero-order valence-electron chi connectivity index (χ0n) is 10.1. The summed E-state index contributed by atoms with van der Waals surface area (Å²) < 4.78 is 0. The summed E-state index contributed by atoms with van der Waals surface area (Å²) in [6.07, 6.45) is 0. The molecule has 4 heteroatoms. The Morgan fingerprint density at radius 3 is 2.11 bits per heavy atom. The molecule has 2 aromatic carbocycles. The third kappa shape index (κ3) is 1.40. The maximum Gasteiger partial charge on any atom is 0.198 e. The number of carbonyl (C=O) groups excluding carboxylic acids is 2. The molecule has 0 atom stereocenters. The molecule has 0 saturated heterocycles. The lowest BCUT2D eigenvalue weighted by molar-refractivity contribution is 0.0976. The van der Waals surface area contributed by atoms with Gasteiger partial charge in [-0.25, -0.2) is 0 Å².